The molecule has 4 rings (SSSR count). The first kappa shape index (κ1) is 18.2. The van der Waals surface area contributed by atoms with E-state index in [1.165, 1.54) is 5.69 Å². The monoisotopic (exact) mass is 386 g/mol. The first-order valence-electron chi connectivity index (χ1n) is 9.77. The number of sulfone groups is 1. The average molecular weight is 387 g/mol. The van der Waals surface area contributed by atoms with Crippen LogP contribution in [0.3, 0.4) is 0 Å². The van der Waals surface area contributed by atoms with Gasteiger partial charge in [0.1, 0.15) is 0 Å². The second-order valence-electron chi connectivity index (χ2n) is 7.34. The molecule has 6 nitrogen and oxygen atoms in total. The lowest BCUT2D eigenvalue weighted by molar-refractivity contribution is 0.481. The van der Waals surface area contributed by atoms with Crippen LogP contribution in [-0.2, 0) is 9.84 Å². The normalized spacial score (nSPS) is 19.3. The molecule has 2 heterocycles. The van der Waals surface area contributed by atoms with Gasteiger partial charge in [-0.1, -0.05) is 37.5 Å². The van der Waals surface area contributed by atoms with Crippen LogP contribution in [0.5, 0.6) is 0 Å². The average Bonchev–Trinajstić information content (AvgIpc) is 2.75. The molecule has 27 heavy (non-hydrogen) atoms. The fourth-order valence-electron chi connectivity index (χ4n) is 4.01. The molecule has 1 saturated carbocycles. The smallest absolute Gasteiger partial charge is 0.200 e. The summed E-state index contributed by atoms with van der Waals surface area (Å²) >= 11 is 0. The Morgan fingerprint density at radius 1 is 0.778 bits per heavy atom. The molecular formula is C20H26N4O2S. The zero-order chi connectivity index (χ0) is 18.7. The Hall–Kier alpha value is -2.15. The van der Waals surface area contributed by atoms with Crippen molar-refractivity contribution in [2.45, 2.75) is 42.4 Å². The quantitative estimate of drug-likeness (QED) is 0.805. The third kappa shape index (κ3) is 3.93. The number of rotatable bonds is 4. The summed E-state index contributed by atoms with van der Waals surface area (Å²) in [6, 6.07) is 13.8. The van der Waals surface area contributed by atoms with E-state index in [1.54, 1.807) is 12.1 Å². The standard InChI is InChI=1S/C20H26N4O2S/c25-27(26,18-9-5-2-6-10-18)20-12-11-19(21-22-20)24-15-13-23(14-16-24)17-7-3-1-4-8-17/h1,3-4,7-8,11-12,18H,2,5-6,9-10,13-16H2. The van der Waals surface area contributed by atoms with E-state index in [4.69, 9.17) is 0 Å². The van der Waals surface area contributed by atoms with Crippen LogP contribution in [0.4, 0.5) is 11.5 Å². The van der Waals surface area contributed by atoms with Crippen LogP contribution in [0, 0.1) is 0 Å². The zero-order valence-electron chi connectivity index (χ0n) is 15.5. The van der Waals surface area contributed by atoms with Gasteiger partial charge in [0.15, 0.2) is 20.7 Å². The molecular weight excluding hydrogens is 360 g/mol. The maximum Gasteiger partial charge on any atom is 0.200 e. The number of hydrogen-bond acceptors (Lipinski definition) is 6. The van der Waals surface area contributed by atoms with Gasteiger partial charge in [-0.25, -0.2) is 8.42 Å². The van der Waals surface area contributed by atoms with Crippen molar-refractivity contribution in [2.24, 2.45) is 0 Å². The van der Waals surface area contributed by atoms with Gasteiger partial charge >= 0.3 is 0 Å². The minimum absolute atomic E-state index is 0.126. The van der Waals surface area contributed by atoms with Crippen LogP contribution < -0.4 is 9.80 Å². The first-order chi connectivity index (χ1) is 13.1. The summed E-state index contributed by atoms with van der Waals surface area (Å²) in [5, 5.41) is 8.16. The van der Waals surface area contributed by atoms with Crippen molar-refractivity contribution in [3.8, 4) is 0 Å². The van der Waals surface area contributed by atoms with Crippen molar-refractivity contribution in [3.05, 3.63) is 42.5 Å². The number of benzene rings is 1. The molecule has 1 saturated heterocycles. The van der Waals surface area contributed by atoms with Crippen LogP contribution in [0.2, 0.25) is 0 Å². The molecule has 0 atom stereocenters. The molecule has 1 aromatic carbocycles. The van der Waals surface area contributed by atoms with E-state index in [-0.39, 0.29) is 10.3 Å². The maximum atomic E-state index is 12.8. The minimum Gasteiger partial charge on any atom is -0.368 e. The summed E-state index contributed by atoms with van der Waals surface area (Å²) in [6.45, 7) is 3.51. The Morgan fingerprint density at radius 3 is 2.07 bits per heavy atom. The summed E-state index contributed by atoms with van der Waals surface area (Å²) in [6.07, 6.45) is 4.59. The maximum absolute atomic E-state index is 12.8. The highest BCUT2D eigenvalue weighted by molar-refractivity contribution is 7.92. The Balaban J connectivity index is 1.41. The van der Waals surface area contributed by atoms with Gasteiger partial charge < -0.3 is 9.80 Å². The highest BCUT2D eigenvalue weighted by atomic mass is 32.2. The van der Waals surface area contributed by atoms with E-state index in [9.17, 15) is 8.42 Å². The first-order valence-corrected chi connectivity index (χ1v) is 11.3. The van der Waals surface area contributed by atoms with Crippen molar-refractivity contribution < 1.29 is 8.42 Å². The van der Waals surface area contributed by atoms with Crippen molar-refractivity contribution in [1.29, 1.82) is 0 Å². The van der Waals surface area contributed by atoms with Gasteiger partial charge in [0, 0.05) is 31.9 Å². The molecule has 2 fully saturated rings. The van der Waals surface area contributed by atoms with E-state index in [0.717, 1.165) is 64.1 Å². The second-order valence-corrected chi connectivity index (χ2v) is 9.52. The number of hydrogen-bond donors (Lipinski definition) is 0. The van der Waals surface area contributed by atoms with E-state index < -0.39 is 9.84 Å². The van der Waals surface area contributed by atoms with Gasteiger partial charge in [0.25, 0.3) is 0 Å². The van der Waals surface area contributed by atoms with Crippen molar-refractivity contribution in [1.82, 2.24) is 10.2 Å². The van der Waals surface area contributed by atoms with E-state index >= 15 is 0 Å². The lowest BCUT2D eigenvalue weighted by Gasteiger charge is -2.36. The van der Waals surface area contributed by atoms with Crippen LogP contribution in [-0.4, -0.2) is 50.0 Å². The van der Waals surface area contributed by atoms with Gasteiger partial charge in [0.2, 0.25) is 0 Å². The predicted octanol–water partition coefficient (Wildman–Crippen LogP) is 2.91. The molecule has 1 aliphatic carbocycles. The molecule has 2 aromatic rings. The van der Waals surface area contributed by atoms with Crippen LogP contribution in [0.25, 0.3) is 0 Å². The Bertz CT molecular complexity index is 841. The Morgan fingerprint density at radius 2 is 1.44 bits per heavy atom. The van der Waals surface area contributed by atoms with Crippen molar-refractivity contribution >= 4 is 21.3 Å². The highest BCUT2D eigenvalue weighted by Crippen LogP contribution is 2.28. The number of anilines is 2. The molecule has 0 spiro atoms. The highest BCUT2D eigenvalue weighted by Gasteiger charge is 2.30. The van der Waals surface area contributed by atoms with Crippen LogP contribution >= 0.6 is 0 Å². The van der Waals surface area contributed by atoms with Crippen LogP contribution in [0.1, 0.15) is 32.1 Å². The van der Waals surface area contributed by atoms with Gasteiger partial charge in [-0.05, 0) is 37.1 Å². The number of aromatic nitrogens is 2. The number of para-hydroxylation sites is 1. The molecule has 0 bridgehead atoms. The SMILES string of the molecule is O=S(=O)(c1ccc(N2CCN(c3ccccc3)CC2)nn1)C1CCCCC1. The fraction of sp³-hybridized carbons (Fsp3) is 0.500. The number of piperazine rings is 1. The van der Waals surface area contributed by atoms with Gasteiger partial charge in [0.05, 0.1) is 5.25 Å². The topological polar surface area (TPSA) is 66.4 Å². The van der Waals surface area contributed by atoms with E-state index in [2.05, 4.69) is 44.3 Å². The lowest BCUT2D eigenvalue weighted by Crippen LogP contribution is -2.46. The van der Waals surface area contributed by atoms with Gasteiger partial charge in [-0.3, -0.25) is 0 Å². The molecule has 0 N–H and O–H groups in total. The summed E-state index contributed by atoms with van der Waals surface area (Å²) in [4.78, 5) is 4.52. The second kappa shape index (κ2) is 7.84. The van der Waals surface area contributed by atoms with E-state index in [0.29, 0.717) is 0 Å². The summed E-state index contributed by atoms with van der Waals surface area (Å²) in [5.74, 6) is 0.755. The molecule has 0 amide bonds. The summed E-state index contributed by atoms with van der Waals surface area (Å²) in [5.41, 5.74) is 1.23. The molecule has 7 heteroatoms. The largest absolute Gasteiger partial charge is 0.368 e. The molecule has 0 unspecified atom stereocenters. The fourth-order valence-corrected chi connectivity index (χ4v) is 5.72. The van der Waals surface area contributed by atoms with Gasteiger partial charge in [-0.15, -0.1) is 10.2 Å². The van der Waals surface area contributed by atoms with Crippen molar-refractivity contribution in [2.75, 3.05) is 36.0 Å². The van der Waals surface area contributed by atoms with Gasteiger partial charge in [-0.2, -0.15) is 0 Å². The summed E-state index contributed by atoms with van der Waals surface area (Å²) in [7, 11) is -3.35. The molecule has 0 radical (unpaired) electrons. The minimum atomic E-state index is -3.35. The lowest BCUT2D eigenvalue weighted by atomic mass is 10.0. The third-order valence-corrected chi connectivity index (χ3v) is 7.78. The predicted molar refractivity (Wildman–Crippen MR) is 107 cm³/mol. The molecule has 2 aliphatic rings. The molecule has 144 valence electrons. The Labute approximate surface area is 161 Å². The van der Waals surface area contributed by atoms with E-state index in [1.807, 2.05) is 6.07 Å². The number of nitrogens with zero attached hydrogens (tertiary/aromatic N) is 4. The van der Waals surface area contributed by atoms with Crippen molar-refractivity contribution in [3.63, 3.8) is 0 Å². The summed E-state index contributed by atoms with van der Waals surface area (Å²) < 4.78 is 25.5. The molecule has 1 aromatic heterocycles. The zero-order valence-corrected chi connectivity index (χ0v) is 16.3. The molecule has 1 aliphatic heterocycles. The van der Waals surface area contributed by atoms with Crippen LogP contribution in [0.15, 0.2) is 47.5 Å². The third-order valence-electron chi connectivity index (χ3n) is 5.63. The Kier molecular flexibility index (Phi) is 5.29.